The van der Waals surface area contributed by atoms with Gasteiger partial charge in [-0.1, -0.05) is 42.5 Å². The Morgan fingerprint density at radius 3 is 2.00 bits per heavy atom. The molecule has 0 fully saturated rings. The molecule has 0 spiro atoms. The monoisotopic (exact) mass is 372 g/mol. The van der Waals surface area contributed by atoms with Crippen LogP contribution < -0.4 is 10.6 Å². The van der Waals surface area contributed by atoms with Gasteiger partial charge < -0.3 is 15.7 Å². The van der Waals surface area contributed by atoms with Gasteiger partial charge in [-0.2, -0.15) is 0 Å². The third kappa shape index (κ3) is 6.54. The molecular weight excluding hydrogens is 351 g/mol. The van der Waals surface area contributed by atoms with Crippen LogP contribution in [0.3, 0.4) is 0 Å². The Labute approximate surface area is 156 Å². The van der Waals surface area contributed by atoms with Crippen molar-refractivity contribution in [2.45, 2.75) is 31.8 Å². The lowest BCUT2D eigenvalue weighted by Crippen LogP contribution is -2.52. The highest BCUT2D eigenvalue weighted by molar-refractivity contribution is 5.90. The second-order valence-electron chi connectivity index (χ2n) is 6.17. The summed E-state index contributed by atoms with van der Waals surface area (Å²) < 4.78 is 13.0. The number of benzene rings is 2. The van der Waals surface area contributed by atoms with E-state index in [1.54, 1.807) is 0 Å². The van der Waals surface area contributed by atoms with Crippen molar-refractivity contribution >= 4 is 17.8 Å². The molecule has 6 nitrogen and oxygen atoms in total. The minimum absolute atomic E-state index is 0.000514. The number of carbonyl (C=O) groups excluding carboxylic acids is 2. The second-order valence-corrected chi connectivity index (χ2v) is 6.17. The zero-order chi connectivity index (χ0) is 19.8. The van der Waals surface area contributed by atoms with E-state index in [1.165, 1.54) is 31.2 Å². The zero-order valence-electron chi connectivity index (χ0n) is 14.8. The molecule has 2 aromatic carbocycles. The smallest absolute Gasteiger partial charge is 0.326 e. The Hall–Kier alpha value is -3.22. The van der Waals surface area contributed by atoms with Crippen molar-refractivity contribution in [2.24, 2.45) is 0 Å². The summed E-state index contributed by atoms with van der Waals surface area (Å²) in [6.07, 6.45) is 0.231. The number of aliphatic carboxylic acids is 1. The Kier molecular flexibility index (Phi) is 7.05. The molecule has 0 unspecified atom stereocenters. The highest BCUT2D eigenvalue weighted by atomic mass is 19.1. The molecular formula is C20H21FN2O4. The summed E-state index contributed by atoms with van der Waals surface area (Å²) in [7, 11) is 0. The van der Waals surface area contributed by atoms with Crippen LogP contribution in [0.4, 0.5) is 4.39 Å². The number of hydrogen-bond acceptors (Lipinski definition) is 3. The average Bonchev–Trinajstić information content (AvgIpc) is 2.62. The number of carbonyl (C=O) groups is 3. The van der Waals surface area contributed by atoms with Crippen molar-refractivity contribution < 1.29 is 23.9 Å². The van der Waals surface area contributed by atoms with Crippen molar-refractivity contribution in [1.29, 1.82) is 0 Å². The molecule has 0 aromatic heterocycles. The van der Waals surface area contributed by atoms with Crippen LogP contribution in [0.5, 0.6) is 0 Å². The van der Waals surface area contributed by atoms with Crippen LogP contribution in [-0.4, -0.2) is 35.0 Å². The normalized spacial score (nSPS) is 12.7. The van der Waals surface area contributed by atoms with Crippen LogP contribution in [0.1, 0.15) is 18.1 Å². The van der Waals surface area contributed by atoms with E-state index >= 15 is 0 Å². The van der Waals surface area contributed by atoms with E-state index in [-0.39, 0.29) is 12.8 Å². The summed E-state index contributed by atoms with van der Waals surface area (Å²) in [5.41, 5.74) is 1.40. The van der Waals surface area contributed by atoms with Gasteiger partial charge in [0.2, 0.25) is 11.8 Å². The highest BCUT2D eigenvalue weighted by Crippen LogP contribution is 2.08. The molecule has 0 aliphatic carbocycles. The Bertz CT molecular complexity index is 793. The van der Waals surface area contributed by atoms with Crippen LogP contribution in [0, 0.1) is 5.82 Å². The van der Waals surface area contributed by atoms with Crippen LogP contribution in [0.15, 0.2) is 54.6 Å². The van der Waals surface area contributed by atoms with Crippen molar-refractivity contribution in [3.63, 3.8) is 0 Å². The van der Waals surface area contributed by atoms with Gasteiger partial charge in [-0.05, 0) is 23.3 Å². The summed E-state index contributed by atoms with van der Waals surface area (Å²) >= 11 is 0. The molecule has 27 heavy (non-hydrogen) atoms. The lowest BCUT2D eigenvalue weighted by Gasteiger charge is -2.21. The first-order chi connectivity index (χ1) is 12.8. The Balaban J connectivity index is 2.10. The minimum atomic E-state index is -1.21. The molecule has 0 radical (unpaired) electrons. The quantitative estimate of drug-likeness (QED) is 0.657. The number of nitrogens with one attached hydrogen (secondary N) is 2. The molecule has 0 aliphatic rings. The van der Waals surface area contributed by atoms with Gasteiger partial charge in [0.05, 0.1) is 0 Å². The topological polar surface area (TPSA) is 95.5 Å². The maximum Gasteiger partial charge on any atom is 0.326 e. The molecule has 3 N–H and O–H groups in total. The van der Waals surface area contributed by atoms with E-state index in [0.29, 0.717) is 5.56 Å². The molecule has 7 heteroatoms. The summed E-state index contributed by atoms with van der Waals surface area (Å²) in [4.78, 5) is 35.6. The van der Waals surface area contributed by atoms with E-state index in [4.69, 9.17) is 0 Å². The molecule has 2 atom stereocenters. The standard InChI is InChI=1S/C20H21FN2O4/c1-13(24)22-17(11-14-5-3-2-4-6-14)19(25)23-18(20(26)27)12-15-7-9-16(21)10-8-15/h2-10,17-18H,11-12H2,1H3,(H,22,24)(H,23,25)(H,26,27)/t17-,18+/m0/s1. The van der Waals surface area contributed by atoms with Crippen LogP contribution in [-0.2, 0) is 27.2 Å². The predicted octanol–water partition coefficient (Wildman–Crippen LogP) is 1.68. The van der Waals surface area contributed by atoms with Crippen LogP contribution >= 0.6 is 0 Å². The first kappa shape index (κ1) is 20.1. The Morgan fingerprint density at radius 2 is 1.44 bits per heavy atom. The maximum absolute atomic E-state index is 13.0. The average molecular weight is 372 g/mol. The third-order valence-corrected chi connectivity index (χ3v) is 3.94. The van der Waals surface area contributed by atoms with E-state index in [0.717, 1.165) is 5.56 Å². The summed E-state index contributed by atoms with van der Waals surface area (Å²) in [5.74, 6) is -2.63. The molecule has 0 aliphatic heterocycles. The summed E-state index contributed by atoms with van der Waals surface area (Å²) in [5, 5.41) is 14.4. The fraction of sp³-hybridized carbons (Fsp3) is 0.250. The van der Waals surface area contributed by atoms with Gasteiger partial charge in [-0.25, -0.2) is 9.18 Å². The van der Waals surface area contributed by atoms with Gasteiger partial charge in [0.25, 0.3) is 0 Å². The van der Waals surface area contributed by atoms with Crippen LogP contribution in [0.25, 0.3) is 0 Å². The van der Waals surface area contributed by atoms with Gasteiger partial charge in [-0.3, -0.25) is 9.59 Å². The summed E-state index contributed by atoms with van der Waals surface area (Å²) in [6, 6.07) is 12.4. The lowest BCUT2D eigenvalue weighted by atomic mass is 10.0. The zero-order valence-corrected chi connectivity index (χ0v) is 14.8. The van der Waals surface area contributed by atoms with Crippen molar-refractivity contribution in [2.75, 3.05) is 0 Å². The number of carboxylic acid groups (broad SMARTS) is 1. The minimum Gasteiger partial charge on any atom is -0.480 e. The Morgan fingerprint density at radius 1 is 0.889 bits per heavy atom. The fourth-order valence-electron chi connectivity index (χ4n) is 2.63. The molecule has 2 amide bonds. The van der Waals surface area contributed by atoms with Gasteiger partial charge >= 0.3 is 5.97 Å². The molecule has 0 bridgehead atoms. The van der Waals surface area contributed by atoms with Crippen LogP contribution in [0.2, 0.25) is 0 Å². The van der Waals surface area contributed by atoms with E-state index in [2.05, 4.69) is 10.6 Å². The molecule has 2 aromatic rings. The van der Waals surface area contributed by atoms with E-state index in [1.807, 2.05) is 30.3 Å². The number of hydrogen-bond donors (Lipinski definition) is 3. The number of halogens is 1. The fourth-order valence-corrected chi connectivity index (χ4v) is 2.63. The number of carboxylic acids is 1. The first-order valence-electron chi connectivity index (χ1n) is 8.44. The number of amides is 2. The van der Waals surface area contributed by atoms with Crippen molar-refractivity contribution in [3.8, 4) is 0 Å². The molecule has 0 heterocycles. The van der Waals surface area contributed by atoms with Crippen molar-refractivity contribution in [1.82, 2.24) is 10.6 Å². The van der Waals surface area contributed by atoms with Gasteiger partial charge in [0, 0.05) is 19.8 Å². The maximum atomic E-state index is 13.0. The molecule has 0 saturated carbocycles. The largest absolute Gasteiger partial charge is 0.480 e. The lowest BCUT2D eigenvalue weighted by molar-refractivity contribution is -0.142. The molecule has 0 saturated heterocycles. The summed E-state index contributed by atoms with van der Waals surface area (Å²) in [6.45, 7) is 1.29. The predicted molar refractivity (Wildman–Crippen MR) is 97.4 cm³/mol. The SMILES string of the molecule is CC(=O)N[C@@H](Cc1ccccc1)C(=O)N[C@H](Cc1ccc(F)cc1)C(=O)O. The van der Waals surface area contributed by atoms with Crippen molar-refractivity contribution in [3.05, 3.63) is 71.5 Å². The third-order valence-electron chi connectivity index (χ3n) is 3.94. The molecule has 2 rings (SSSR count). The van der Waals surface area contributed by atoms with Gasteiger partial charge in [0.15, 0.2) is 0 Å². The number of rotatable bonds is 8. The van der Waals surface area contributed by atoms with E-state index in [9.17, 15) is 23.9 Å². The molecule has 142 valence electrons. The highest BCUT2D eigenvalue weighted by Gasteiger charge is 2.26. The van der Waals surface area contributed by atoms with E-state index < -0.39 is 35.7 Å². The second kappa shape index (κ2) is 9.47. The van der Waals surface area contributed by atoms with Gasteiger partial charge in [0.1, 0.15) is 17.9 Å². The first-order valence-corrected chi connectivity index (χ1v) is 8.44. The van der Waals surface area contributed by atoms with Gasteiger partial charge in [-0.15, -0.1) is 0 Å².